The van der Waals surface area contributed by atoms with E-state index in [1.807, 2.05) is 42.2 Å². The number of carbonyl (C=O) groups is 2. The number of methoxy groups -OCH3 is 1. The molecule has 0 fully saturated rings. The standard InChI is InChI=1S/C22H21N3O3/c1-3-25(19-7-5-4-6-8-19)20-15-17(13-14-23-20)21(26)24-18-11-9-16(10-12-18)22(27)28-2/h4-15H,3H2,1-2H3,(H,24,26). The third kappa shape index (κ3) is 4.35. The molecule has 3 rings (SSSR count). The number of hydrogen-bond donors (Lipinski definition) is 1. The van der Waals surface area contributed by atoms with Gasteiger partial charge in [0.2, 0.25) is 0 Å². The number of rotatable bonds is 6. The Hall–Kier alpha value is -3.67. The van der Waals surface area contributed by atoms with E-state index < -0.39 is 5.97 Å². The Labute approximate surface area is 163 Å². The van der Waals surface area contributed by atoms with Crippen molar-refractivity contribution in [3.63, 3.8) is 0 Å². The summed E-state index contributed by atoms with van der Waals surface area (Å²) in [4.78, 5) is 30.6. The molecular formula is C22H21N3O3. The molecule has 1 heterocycles. The summed E-state index contributed by atoms with van der Waals surface area (Å²) in [6.45, 7) is 2.75. The Morgan fingerprint density at radius 3 is 2.36 bits per heavy atom. The van der Waals surface area contributed by atoms with Crippen molar-refractivity contribution in [3.05, 3.63) is 84.1 Å². The van der Waals surface area contributed by atoms with Crippen LogP contribution in [-0.4, -0.2) is 30.5 Å². The fourth-order valence-electron chi connectivity index (χ4n) is 2.80. The molecule has 6 nitrogen and oxygen atoms in total. The topological polar surface area (TPSA) is 71.5 Å². The second kappa shape index (κ2) is 8.81. The van der Waals surface area contributed by atoms with Gasteiger partial charge in [0.05, 0.1) is 12.7 Å². The largest absolute Gasteiger partial charge is 0.465 e. The Kier molecular flexibility index (Phi) is 6.01. The Bertz CT molecular complexity index is 956. The number of anilines is 3. The van der Waals surface area contributed by atoms with Gasteiger partial charge in [0.15, 0.2) is 0 Å². The Morgan fingerprint density at radius 1 is 1.00 bits per heavy atom. The third-order valence-electron chi connectivity index (χ3n) is 4.23. The molecule has 28 heavy (non-hydrogen) atoms. The smallest absolute Gasteiger partial charge is 0.337 e. The van der Waals surface area contributed by atoms with Gasteiger partial charge in [0, 0.05) is 29.7 Å². The summed E-state index contributed by atoms with van der Waals surface area (Å²) in [7, 11) is 1.33. The maximum Gasteiger partial charge on any atom is 0.337 e. The molecule has 0 spiro atoms. The molecule has 0 radical (unpaired) electrons. The van der Waals surface area contributed by atoms with Gasteiger partial charge in [-0.15, -0.1) is 0 Å². The summed E-state index contributed by atoms with van der Waals surface area (Å²) in [5.41, 5.74) is 2.52. The highest BCUT2D eigenvalue weighted by molar-refractivity contribution is 6.05. The molecule has 1 aromatic heterocycles. The van der Waals surface area contributed by atoms with Crippen LogP contribution in [0.5, 0.6) is 0 Å². The van der Waals surface area contributed by atoms with Gasteiger partial charge >= 0.3 is 5.97 Å². The van der Waals surface area contributed by atoms with Crippen molar-refractivity contribution in [2.75, 3.05) is 23.9 Å². The number of amides is 1. The van der Waals surface area contributed by atoms with Crippen LogP contribution in [0.1, 0.15) is 27.6 Å². The fourth-order valence-corrected chi connectivity index (χ4v) is 2.80. The van der Waals surface area contributed by atoms with E-state index in [1.54, 1.807) is 42.6 Å². The van der Waals surface area contributed by atoms with Gasteiger partial charge in [-0.05, 0) is 55.5 Å². The second-order valence-corrected chi connectivity index (χ2v) is 6.01. The number of nitrogens with zero attached hydrogens (tertiary/aromatic N) is 2. The summed E-state index contributed by atoms with van der Waals surface area (Å²) in [5, 5.41) is 2.83. The molecule has 142 valence electrons. The van der Waals surface area contributed by atoms with Crippen molar-refractivity contribution in [2.45, 2.75) is 6.92 Å². The molecule has 0 saturated carbocycles. The number of hydrogen-bond acceptors (Lipinski definition) is 5. The first-order valence-electron chi connectivity index (χ1n) is 8.90. The summed E-state index contributed by atoms with van der Waals surface area (Å²) in [5.74, 6) is 0.0261. The normalized spacial score (nSPS) is 10.2. The quantitative estimate of drug-likeness (QED) is 0.651. The van der Waals surface area contributed by atoms with E-state index in [-0.39, 0.29) is 5.91 Å². The molecule has 0 saturated heterocycles. The first kappa shape index (κ1) is 19.1. The van der Waals surface area contributed by atoms with E-state index in [4.69, 9.17) is 0 Å². The molecule has 2 aromatic carbocycles. The molecule has 0 atom stereocenters. The van der Waals surface area contributed by atoms with Crippen LogP contribution >= 0.6 is 0 Å². The maximum absolute atomic E-state index is 12.6. The third-order valence-corrected chi connectivity index (χ3v) is 4.23. The Morgan fingerprint density at radius 2 is 1.71 bits per heavy atom. The molecule has 0 aliphatic carbocycles. The van der Waals surface area contributed by atoms with Gasteiger partial charge in [-0.2, -0.15) is 0 Å². The highest BCUT2D eigenvalue weighted by atomic mass is 16.5. The lowest BCUT2D eigenvalue weighted by Gasteiger charge is -2.22. The van der Waals surface area contributed by atoms with Crippen LogP contribution in [0.2, 0.25) is 0 Å². The average molecular weight is 375 g/mol. The predicted molar refractivity (Wildman–Crippen MR) is 109 cm³/mol. The number of nitrogens with one attached hydrogen (secondary N) is 1. The monoisotopic (exact) mass is 375 g/mol. The zero-order chi connectivity index (χ0) is 19.9. The second-order valence-electron chi connectivity index (χ2n) is 6.01. The summed E-state index contributed by atoms with van der Waals surface area (Å²) < 4.78 is 4.67. The minimum Gasteiger partial charge on any atom is -0.465 e. The summed E-state index contributed by atoms with van der Waals surface area (Å²) in [6, 6.07) is 19.8. The van der Waals surface area contributed by atoms with Gasteiger partial charge in [-0.1, -0.05) is 18.2 Å². The van der Waals surface area contributed by atoms with E-state index in [2.05, 4.69) is 15.0 Å². The van der Waals surface area contributed by atoms with Gasteiger partial charge in [-0.25, -0.2) is 9.78 Å². The van der Waals surface area contributed by atoms with Crippen molar-refractivity contribution in [3.8, 4) is 0 Å². The van der Waals surface area contributed by atoms with Gasteiger partial charge < -0.3 is 15.0 Å². The minimum absolute atomic E-state index is 0.251. The molecule has 0 aliphatic heterocycles. The number of benzene rings is 2. The SMILES string of the molecule is CCN(c1ccccc1)c1cc(C(=O)Nc2ccc(C(=O)OC)cc2)ccn1. The van der Waals surface area contributed by atoms with E-state index in [0.29, 0.717) is 22.6 Å². The number of aromatic nitrogens is 1. The van der Waals surface area contributed by atoms with Crippen molar-refractivity contribution in [1.82, 2.24) is 4.98 Å². The van der Waals surface area contributed by atoms with E-state index >= 15 is 0 Å². The number of carbonyl (C=O) groups excluding carboxylic acids is 2. The molecular weight excluding hydrogens is 354 g/mol. The average Bonchev–Trinajstić information content (AvgIpc) is 2.75. The lowest BCUT2D eigenvalue weighted by Crippen LogP contribution is -2.19. The number of esters is 1. The molecule has 1 N–H and O–H groups in total. The van der Waals surface area contributed by atoms with Crippen LogP contribution in [0.25, 0.3) is 0 Å². The van der Waals surface area contributed by atoms with Crippen molar-refractivity contribution >= 4 is 29.1 Å². The van der Waals surface area contributed by atoms with Crippen molar-refractivity contribution in [2.24, 2.45) is 0 Å². The van der Waals surface area contributed by atoms with Crippen LogP contribution in [0.15, 0.2) is 72.9 Å². The number of ether oxygens (including phenoxy) is 1. The summed E-state index contributed by atoms with van der Waals surface area (Å²) in [6.07, 6.45) is 1.62. The molecule has 6 heteroatoms. The van der Waals surface area contributed by atoms with Gasteiger partial charge in [0.1, 0.15) is 5.82 Å². The van der Waals surface area contributed by atoms with E-state index in [0.717, 1.165) is 12.2 Å². The van der Waals surface area contributed by atoms with Crippen LogP contribution in [-0.2, 0) is 4.74 Å². The van der Waals surface area contributed by atoms with Crippen LogP contribution < -0.4 is 10.2 Å². The van der Waals surface area contributed by atoms with E-state index in [1.165, 1.54) is 7.11 Å². The fraction of sp³-hybridized carbons (Fsp3) is 0.136. The van der Waals surface area contributed by atoms with Crippen molar-refractivity contribution < 1.29 is 14.3 Å². The van der Waals surface area contributed by atoms with Gasteiger partial charge in [-0.3, -0.25) is 4.79 Å². The molecule has 0 aliphatic rings. The lowest BCUT2D eigenvalue weighted by molar-refractivity contribution is 0.0600. The van der Waals surface area contributed by atoms with E-state index in [9.17, 15) is 9.59 Å². The minimum atomic E-state index is -0.419. The van der Waals surface area contributed by atoms with Crippen molar-refractivity contribution in [1.29, 1.82) is 0 Å². The molecule has 0 bridgehead atoms. The van der Waals surface area contributed by atoms with Gasteiger partial charge in [0.25, 0.3) is 5.91 Å². The molecule has 0 unspecified atom stereocenters. The number of pyridine rings is 1. The maximum atomic E-state index is 12.6. The lowest BCUT2D eigenvalue weighted by atomic mass is 10.2. The highest BCUT2D eigenvalue weighted by Crippen LogP contribution is 2.23. The summed E-state index contributed by atoms with van der Waals surface area (Å²) >= 11 is 0. The predicted octanol–water partition coefficient (Wildman–Crippen LogP) is 4.28. The zero-order valence-electron chi connectivity index (χ0n) is 15.8. The van der Waals surface area contributed by atoms with Crippen LogP contribution in [0.3, 0.4) is 0 Å². The highest BCUT2D eigenvalue weighted by Gasteiger charge is 2.13. The zero-order valence-corrected chi connectivity index (χ0v) is 15.8. The van der Waals surface area contributed by atoms with Crippen LogP contribution in [0, 0.1) is 0 Å². The Balaban J connectivity index is 1.77. The van der Waals surface area contributed by atoms with Crippen LogP contribution in [0.4, 0.5) is 17.2 Å². The molecule has 3 aromatic rings. The molecule has 1 amide bonds. The first-order chi connectivity index (χ1) is 13.6. The number of para-hydroxylation sites is 1. The first-order valence-corrected chi connectivity index (χ1v) is 8.90.